The van der Waals surface area contributed by atoms with Crippen molar-refractivity contribution in [2.45, 2.75) is 0 Å². The highest BCUT2D eigenvalue weighted by atomic mass is 32.7. The Morgan fingerprint density at radius 3 is 2.17 bits per heavy atom. The van der Waals surface area contributed by atoms with Crippen molar-refractivity contribution in [1.82, 2.24) is 0 Å². The van der Waals surface area contributed by atoms with E-state index >= 15 is 0 Å². The van der Waals surface area contributed by atoms with Crippen LogP contribution >= 0.6 is 6.54 Å². The van der Waals surface area contributed by atoms with Crippen molar-refractivity contribution in [3.8, 4) is 0 Å². The van der Waals surface area contributed by atoms with Crippen LogP contribution in [0.2, 0.25) is 0 Å². The molecule has 0 spiro atoms. The van der Waals surface area contributed by atoms with Crippen LogP contribution in [0.15, 0.2) is 0 Å². The first kappa shape index (κ1) is 6.57. The summed E-state index contributed by atoms with van der Waals surface area (Å²) in [5.41, 5.74) is 0. The van der Waals surface area contributed by atoms with Gasteiger partial charge < -0.3 is 21.7 Å². The van der Waals surface area contributed by atoms with E-state index in [-0.39, 0.29) is 0 Å². The highest BCUT2D eigenvalue weighted by Crippen LogP contribution is 2.29. The average Bonchev–Trinajstić information content (AvgIpc) is 1.35. The summed E-state index contributed by atoms with van der Waals surface area (Å²) in [6.45, 7) is -2.81. The Hall–Kier alpha value is 0.570. The van der Waals surface area contributed by atoms with Crippen LogP contribution in [0.3, 0.4) is 0 Å². The molecule has 0 bridgehead atoms. The van der Waals surface area contributed by atoms with Crippen molar-refractivity contribution in [1.29, 1.82) is 0 Å². The van der Waals surface area contributed by atoms with E-state index < -0.39 is 6.54 Å². The van der Waals surface area contributed by atoms with Gasteiger partial charge in [-0.3, -0.25) is 0 Å². The van der Waals surface area contributed by atoms with E-state index in [0.717, 1.165) is 0 Å². The molecule has 0 radical (unpaired) electrons. The Balaban J connectivity index is 3.48. The number of hydrogen-bond acceptors (Lipinski definition) is 3. The molecule has 0 aromatic rings. The minimum atomic E-state index is -2.81. The summed E-state index contributed by atoms with van der Waals surface area (Å²) in [6, 6.07) is 0. The molecule has 0 rings (SSSR count). The van der Waals surface area contributed by atoms with Crippen LogP contribution < -0.4 is 4.89 Å². The molecule has 38 valence electrons. The molecule has 0 aliphatic carbocycles. The molecule has 6 heavy (non-hydrogen) atoms. The predicted octanol–water partition coefficient (Wildman–Crippen LogP) is -0.265. The molecule has 0 amide bonds. The minimum absolute atomic E-state index is 1.28. The van der Waals surface area contributed by atoms with Gasteiger partial charge in [-0.05, 0) is 0 Å². The molecule has 0 aliphatic rings. The van der Waals surface area contributed by atoms with E-state index in [9.17, 15) is 4.89 Å². The molecule has 0 N–H and O–H groups in total. The van der Waals surface area contributed by atoms with E-state index in [1.165, 1.54) is 7.11 Å². The lowest BCUT2D eigenvalue weighted by molar-refractivity contribution is -0.173. The van der Waals surface area contributed by atoms with Gasteiger partial charge in [-0.2, -0.15) is 0 Å². The van der Waals surface area contributed by atoms with Crippen LogP contribution in [0.25, 0.3) is 0 Å². The van der Waals surface area contributed by atoms with Crippen LogP contribution in [0.1, 0.15) is 0 Å². The Labute approximate surface area is 42.4 Å². The lowest BCUT2D eigenvalue weighted by atomic mass is 11.8. The highest BCUT2D eigenvalue weighted by molar-refractivity contribution is 8.35. The molecule has 0 fully saturated rings. The highest BCUT2D eigenvalue weighted by Gasteiger charge is 1.63. The van der Waals surface area contributed by atoms with Crippen molar-refractivity contribution in [2.75, 3.05) is 7.11 Å². The van der Waals surface area contributed by atoms with Gasteiger partial charge in [0, 0.05) is 7.11 Å². The fourth-order valence-electron chi connectivity index (χ4n) is 0. The second-order valence-corrected chi connectivity index (χ2v) is 4.05. The second-order valence-electron chi connectivity index (χ2n) is 0.793. The van der Waals surface area contributed by atoms with Gasteiger partial charge in [0.25, 0.3) is 0 Å². The van der Waals surface area contributed by atoms with Crippen LogP contribution in [-0.4, -0.2) is 13.4 Å². The van der Waals surface area contributed by atoms with Crippen molar-refractivity contribution in [3.05, 3.63) is 0 Å². The number of hydrogen-bond donors (Lipinski definition) is 0. The largest absolute Gasteiger partial charge is 0.827 e. The molecule has 0 aromatic heterocycles. The molecule has 0 heterocycles. The molecule has 1 unspecified atom stereocenters. The molecule has 2 nitrogen and oxygen atoms in total. The Kier molecular flexibility index (Phi) is 2.22. The van der Waals surface area contributed by atoms with Crippen LogP contribution in [0, 0.1) is 0 Å². The van der Waals surface area contributed by atoms with E-state index in [1.807, 2.05) is 0 Å². The van der Waals surface area contributed by atoms with Gasteiger partial charge in [0.1, 0.15) is 0 Å². The standard InChI is InChI=1S/C2H5O2PS/c1-4-5(2,3)6/h2H2,1H3/q-2. The van der Waals surface area contributed by atoms with E-state index in [1.54, 1.807) is 0 Å². The molecule has 0 saturated heterocycles. The average molecular weight is 124 g/mol. The van der Waals surface area contributed by atoms with Gasteiger partial charge in [0.15, 0.2) is 0 Å². The van der Waals surface area contributed by atoms with Gasteiger partial charge in [0.05, 0.1) is 0 Å². The first-order chi connectivity index (χ1) is 2.56. The normalized spacial score (nSPS) is 19.8. The molecule has 0 saturated carbocycles. The lowest BCUT2D eigenvalue weighted by Crippen LogP contribution is -1.97. The molecule has 0 aromatic carbocycles. The van der Waals surface area contributed by atoms with Crippen LogP contribution in [0.4, 0.5) is 0 Å². The zero-order valence-electron chi connectivity index (χ0n) is 3.38. The van der Waals surface area contributed by atoms with E-state index in [4.69, 9.17) is 0 Å². The zero-order valence-corrected chi connectivity index (χ0v) is 5.09. The van der Waals surface area contributed by atoms with Crippen molar-refractivity contribution in [3.63, 3.8) is 0 Å². The van der Waals surface area contributed by atoms with Crippen LogP contribution in [0.5, 0.6) is 0 Å². The molecule has 0 aliphatic heterocycles. The monoisotopic (exact) mass is 124 g/mol. The number of rotatable bonds is 1. The molecule has 1 atom stereocenters. The van der Waals surface area contributed by atoms with E-state index in [2.05, 4.69) is 23.1 Å². The summed E-state index contributed by atoms with van der Waals surface area (Å²) in [5, 5.41) is 0. The summed E-state index contributed by atoms with van der Waals surface area (Å²) in [4.78, 5) is 10.1. The quantitative estimate of drug-likeness (QED) is 0.356. The molecular formula is C2H5O2PS-2. The third-order valence-electron chi connectivity index (χ3n) is 0.278. The Morgan fingerprint density at radius 1 is 2.00 bits per heavy atom. The summed E-state index contributed by atoms with van der Waals surface area (Å²) < 4.78 is 4.20. The summed E-state index contributed by atoms with van der Waals surface area (Å²) in [7, 11) is 1.28. The first-order valence-electron chi connectivity index (χ1n) is 1.27. The maximum Gasteiger partial charge on any atom is 0.0356 e. The topological polar surface area (TPSA) is 32.3 Å². The summed E-state index contributed by atoms with van der Waals surface area (Å²) in [6.07, 6.45) is 3.04. The lowest BCUT2D eigenvalue weighted by Gasteiger charge is -2.36. The Morgan fingerprint density at radius 2 is 2.17 bits per heavy atom. The van der Waals surface area contributed by atoms with Gasteiger partial charge in [-0.15, -0.1) is 6.30 Å². The fourth-order valence-corrected chi connectivity index (χ4v) is 0. The SMILES string of the molecule is C=P([O-])([S-])OC. The molecular weight excluding hydrogens is 119 g/mol. The zero-order chi connectivity index (χ0) is 5.21. The van der Waals surface area contributed by atoms with Gasteiger partial charge in [0.2, 0.25) is 0 Å². The second kappa shape index (κ2) is 2.03. The van der Waals surface area contributed by atoms with Crippen molar-refractivity contribution < 1.29 is 9.42 Å². The van der Waals surface area contributed by atoms with Gasteiger partial charge in [-0.1, -0.05) is 0 Å². The van der Waals surface area contributed by atoms with Crippen molar-refractivity contribution in [2.24, 2.45) is 0 Å². The van der Waals surface area contributed by atoms with Crippen molar-refractivity contribution >= 4 is 25.1 Å². The molecule has 4 heteroatoms. The maximum atomic E-state index is 10.1. The third-order valence-corrected chi connectivity index (χ3v) is 1.28. The minimum Gasteiger partial charge on any atom is -0.827 e. The Bertz CT molecular complexity index is 75.6. The predicted molar refractivity (Wildman–Crippen MR) is 28.4 cm³/mol. The summed E-state index contributed by atoms with van der Waals surface area (Å²) >= 11 is 4.21. The summed E-state index contributed by atoms with van der Waals surface area (Å²) in [5.74, 6) is 0. The first-order valence-corrected chi connectivity index (χ1v) is 4.10. The van der Waals surface area contributed by atoms with Gasteiger partial charge in [-0.25, -0.2) is 6.54 Å². The van der Waals surface area contributed by atoms with Gasteiger partial charge >= 0.3 is 0 Å². The fraction of sp³-hybridized carbons (Fsp3) is 0.500. The van der Waals surface area contributed by atoms with E-state index in [0.29, 0.717) is 0 Å². The third kappa shape index (κ3) is 4.57. The maximum absolute atomic E-state index is 10.1. The van der Waals surface area contributed by atoms with Crippen LogP contribution in [-0.2, 0) is 16.8 Å². The smallest absolute Gasteiger partial charge is 0.0356 e.